The predicted octanol–water partition coefficient (Wildman–Crippen LogP) is 4.36. The molecule has 1 aromatic carbocycles. The summed E-state index contributed by atoms with van der Waals surface area (Å²) in [6.45, 7) is 5.49. The first-order valence-electron chi connectivity index (χ1n) is 6.26. The van der Waals surface area contributed by atoms with Crippen molar-refractivity contribution in [2.45, 2.75) is 31.5 Å². The summed E-state index contributed by atoms with van der Waals surface area (Å²) in [5, 5.41) is 0. The minimum atomic E-state index is 0.508. The topological polar surface area (TPSA) is 9.23 Å². The molecule has 0 radical (unpaired) electrons. The molecule has 0 aromatic heterocycles. The van der Waals surface area contributed by atoms with Gasteiger partial charge in [-0.25, -0.2) is 0 Å². The summed E-state index contributed by atoms with van der Waals surface area (Å²) in [7, 11) is 1.75. The number of halogens is 1. The molecule has 2 atom stereocenters. The van der Waals surface area contributed by atoms with Crippen molar-refractivity contribution in [1.82, 2.24) is 0 Å². The lowest BCUT2D eigenvalue weighted by atomic mass is 10.0. The maximum Gasteiger partial charge on any atom is 0.0502 e. The highest BCUT2D eigenvalue weighted by molar-refractivity contribution is 9.09. The summed E-state index contributed by atoms with van der Waals surface area (Å²) in [6.07, 6.45) is 2.33. The Labute approximate surface area is 113 Å². The molecule has 0 N–H and O–H groups in total. The third-order valence-electron chi connectivity index (χ3n) is 3.84. The summed E-state index contributed by atoms with van der Waals surface area (Å²) in [4.78, 5) is 0.508. The molecule has 0 spiro atoms. The Balaban J connectivity index is 1.98. The highest BCUT2D eigenvalue weighted by atomic mass is 79.9. The fourth-order valence-corrected chi connectivity index (χ4v) is 3.54. The lowest BCUT2D eigenvalue weighted by molar-refractivity contribution is 0.202. The van der Waals surface area contributed by atoms with Crippen molar-refractivity contribution in [2.24, 2.45) is 11.3 Å². The molecule has 1 saturated carbocycles. The van der Waals surface area contributed by atoms with Crippen molar-refractivity contribution in [3.8, 4) is 0 Å². The fourth-order valence-electron chi connectivity index (χ4n) is 2.33. The maximum atomic E-state index is 5.09. The molecule has 0 heterocycles. The fraction of sp³-hybridized carbons (Fsp3) is 0.600. The highest BCUT2D eigenvalue weighted by Gasteiger charge is 2.49. The van der Waals surface area contributed by atoms with Crippen molar-refractivity contribution in [1.29, 1.82) is 0 Å². The third-order valence-corrected chi connectivity index (χ3v) is 5.00. The van der Waals surface area contributed by atoms with Crippen molar-refractivity contribution in [2.75, 3.05) is 13.7 Å². The van der Waals surface area contributed by atoms with Gasteiger partial charge in [0.1, 0.15) is 0 Å². The lowest BCUT2D eigenvalue weighted by Crippen LogP contribution is -2.00. The summed E-state index contributed by atoms with van der Waals surface area (Å²) in [5.41, 5.74) is 3.27. The average molecular weight is 297 g/mol. The standard InChI is InChI=1S/C15H21BrO/c1-15(2)10-13(15)14(16)12-6-4-11(5-7-12)8-9-17-3/h4-7,13-14H,8-10H2,1-3H3. The molecule has 0 amide bonds. The van der Waals surface area contributed by atoms with Crippen molar-refractivity contribution < 1.29 is 4.74 Å². The second-order valence-corrected chi connectivity index (χ2v) is 6.67. The van der Waals surface area contributed by atoms with Crippen LogP contribution in [-0.4, -0.2) is 13.7 Å². The van der Waals surface area contributed by atoms with Crippen LogP contribution in [0.1, 0.15) is 36.2 Å². The van der Waals surface area contributed by atoms with Gasteiger partial charge < -0.3 is 4.74 Å². The highest BCUT2D eigenvalue weighted by Crippen LogP contribution is 2.60. The number of ether oxygens (including phenoxy) is 1. The molecule has 17 heavy (non-hydrogen) atoms. The average Bonchev–Trinajstić information content (AvgIpc) is 2.95. The van der Waals surface area contributed by atoms with Gasteiger partial charge in [0.2, 0.25) is 0 Å². The molecule has 2 unspecified atom stereocenters. The number of rotatable bonds is 5. The van der Waals surface area contributed by atoms with Crippen LogP contribution >= 0.6 is 15.9 Å². The van der Waals surface area contributed by atoms with Gasteiger partial charge in [0.15, 0.2) is 0 Å². The monoisotopic (exact) mass is 296 g/mol. The Kier molecular flexibility index (Phi) is 3.94. The van der Waals surface area contributed by atoms with E-state index in [2.05, 4.69) is 54.0 Å². The van der Waals surface area contributed by atoms with E-state index in [4.69, 9.17) is 4.74 Å². The van der Waals surface area contributed by atoms with Crippen molar-refractivity contribution in [3.05, 3.63) is 35.4 Å². The second kappa shape index (κ2) is 5.11. The molecule has 0 saturated heterocycles. The molecule has 2 heteroatoms. The van der Waals surface area contributed by atoms with Crippen LogP contribution < -0.4 is 0 Å². The van der Waals surface area contributed by atoms with Gasteiger partial charge in [-0.05, 0) is 35.3 Å². The minimum Gasteiger partial charge on any atom is -0.384 e. The zero-order chi connectivity index (χ0) is 12.5. The molecule has 2 rings (SSSR count). The Hall–Kier alpha value is -0.340. The first-order chi connectivity index (χ1) is 8.04. The van der Waals surface area contributed by atoms with E-state index in [1.165, 1.54) is 17.5 Å². The van der Waals surface area contributed by atoms with Crippen molar-refractivity contribution in [3.63, 3.8) is 0 Å². The summed E-state index contributed by atoms with van der Waals surface area (Å²) < 4.78 is 5.09. The normalized spacial score (nSPS) is 23.4. The molecule has 1 aliphatic rings. The predicted molar refractivity (Wildman–Crippen MR) is 75.6 cm³/mol. The smallest absolute Gasteiger partial charge is 0.0502 e. The second-order valence-electron chi connectivity index (χ2n) is 5.69. The molecule has 94 valence electrons. The van der Waals surface area contributed by atoms with E-state index in [0.29, 0.717) is 10.2 Å². The quantitative estimate of drug-likeness (QED) is 0.734. The Bertz CT molecular complexity index is 369. The molecule has 0 aliphatic heterocycles. The van der Waals surface area contributed by atoms with E-state index in [9.17, 15) is 0 Å². The van der Waals surface area contributed by atoms with E-state index in [1.54, 1.807) is 7.11 Å². The molecular weight excluding hydrogens is 276 g/mol. The lowest BCUT2D eigenvalue weighted by Gasteiger charge is -2.12. The van der Waals surface area contributed by atoms with E-state index < -0.39 is 0 Å². The van der Waals surface area contributed by atoms with Gasteiger partial charge in [-0.2, -0.15) is 0 Å². The minimum absolute atomic E-state index is 0.508. The Morgan fingerprint density at radius 2 is 1.94 bits per heavy atom. The van der Waals surface area contributed by atoms with E-state index >= 15 is 0 Å². The first-order valence-corrected chi connectivity index (χ1v) is 7.18. The SMILES string of the molecule is COCCc1ccc(C(Br)C2CC2(C)C)cc1. The van der Waals surface area contributed by atoms with Crippen LogP contribution in [0.4, 0.5) is 0 Å². The molecule has 1 aromatic rings. The van der Waals surface area contributed by atoms with Crippen LogP contribution in [0.2, 0.25) is 0 Å². The molecule has 1 aliphatic carbocycles. The number of hydrogen-bond donors (Lipinski definition) is 0. The van der Waals surface area contributed by atoms with Gasteiger partial charge in [-0.3, -0.25) is 0 Å². The van der Waals surface area contributed by atoms with Crippen molar-refractivity contribution >= 4 is 15.9 Å². The number of benzene rings is 1. The number of methoxy groups -OCH3 is 1. The third kappa shape index (κ3) is 3.11. The van der Waals surface area contributed by atoms with Gasteiger partial charge in [0.05, 0.1) is 6.61 Å². The largest absolute Gasteiger partial charge is 0.384 e. The van der Waals surface area contributed by atoms with E-state index in [0.717, 1.165) is 18.9 Å². The summed E-state index contributed by atoms with van der Waals surface area (Å²) >= 11 is 3.84. The van der Waals surface area contributed by atoms with Crippen LogP contribution in [0, 0.1) is 11.3 Å². The van der Waals surface area contributed by atoms with Gasteiger partial charge in [-0.15, -0.1) is 0 Å². The van der Waals surface area contributed by atoms with Gasteiger partial charge in [0, 0.05) is 11.9 Å². The van der Waals surface area contributed by atoms with Crippen LogP contribution in [0.5, 0.6) is 0 Å². The molecule has 1 nitrogen and oxygen atoms in total. The van der Waals surface area contributed by atoms with E-state index in [-0.39, 0.29) is 0 Å². The number of hydrogen-bond acceptors (Lipinski definition) is 1. The first kappa shape index (κ1) is 13.1. The number of alkyl halides is 1. The van der Waals surface area contributed by atoms with Crippen LogP contribution in [0.3, 0.4) is 0 Å². The molecule has 0 bridgehead atoms. The van der Waals surface area contributed by atoms with Crippen LogP contribution in [0.15, 0.2) is 24.3 Å². The van der Waals surface area contributed by atoms with Crippen LogP contribution in [-0.2, 0) is 11.2 Å². The summed E-state index contributed by atoms with van der Waals surface area (Å²) in [5.74, 6) is 0.785. The molecule has 1 fully saturated rings. The zero-order valence-electron chi connectivity index (χ0n) is 10.9. The van der Waals surface area contributed by atoms with E-state index in [1.807, 2.05) is 0 Å². The molecular formula is C15H21BrO. The van der Waals surface area contributed by atoms with Crippen LogP contribution in [0.25, 0.3) is 0 Å². The van der Waals surface area contributed by atoms with Gasteiger partial charge >= 0.3 is 0 Å². The van der Waals surface area contributed by atoms with Gasteiger partial charge in [0.25, 0.3) is 0 Å². The summed E-state index contributed by atoms with van der Waals surface area (Å²) in [6, 6.07) is 8.94. The Morgan fingerprint density at radius 3 is 2.41 bits per heavy atom. The Morgan fingerprint density at radius 1 is 1.35 bits per heavy atom. The zero-order valence-corrected chi connectivity index (χ0v) is 12.5. The maximum absolute atomic E-state index is 5.09. The van der Waals surface area contributed by atoms with Gasteiger partial charge in [-0.1, -0.05) is 54.0 Å².